The molecule has 2 heterocycles. The maximum Gasteiger partial charge on any atom is 0.253 e. The van der Waals surface area contributed by atoms with E-state index in [4.69, 9.17) is 16.3 Å². The van der Waals surface area contributed by atoms with Crippen LogP contribution in [0.5, 0.6) is 5.75 Å². The molecule has 0 unspecified atom stereocenters. The lowest BCUT2D eigenvalue weighted by atomic mass is 10.1. The van der Waals surface area contributed by atoms with Crippen molar-refractivity contribution in [1.29, 1.82) is 0 Å². The Bertz CT molecular complexity index is 743. The molecular formula is C18H18ClN3O2. The van der Waals surface area contributed by atoms with Crippen molar-refractivity contribution in [2.45, 2.75) is 25.0 Å². The second-order valence-corrected chi connectivity index (χ2v) is 6.64. The van der Waals surface area contributed by atoms with Gasteiger partial charge in [0.2, 0.25) is 0 Å². The van der Waals surface area contributed by atoms with Crippen molar-refractivity contribution in [1.82, 2.24) is 10.3 Å². The van der Waals surface area contributed by atoms with Crippen LogP contribution in [0.15, 0.2) is 42.6 Å². The fourth-order valence-electron chi connectivity index (χ4n) is 2.66. The fourth-order valence-corrected chi connectivity index (χ4v) is 2.85. The Morgan fingerprint density at radius 1 is 1.25 bits per heavy atom. The van der Waals surface area contributed by atoms with Crippen molar-refractivity contribution in [2.24, 2.45) is 0 Å². The number of nitrogens with one attached hydrogen (secondary N) is 1. The van der Waals surface area contributed by atoms with E-state index < -0.39 is 0 Å². The molecule has 1 N–H and O–H groups in total. The summed E-state index contributed by atoms with van der Waals surface area (Å²) < 4.78 is 5.89. The number of hydrogen-bond donors (Lipinski definition) is 1. The van der Waals surface area contributed by atoms with E-state index in [9.17, 15) is 4.79 Å². The summed E-state index contributed by atoms with van der Waals surface area (Å²) in [5.74, 6) is 1.51. The molecule has 6 heteroatoms. The monoisotopic (exact) mass is 343 g/mol. The van der Waals surface area contributed by atoms with Crippen molar-refractivity contribution in [3.63, 3.8) is 0 Å². The van der Waals surface area contributed by atoms with E-state index in [1.54, 1.807) is 12.3 Å². The minimum atomic E-state index is -0.122. The molecule has 0 atom stereocenters. The minimum absolute atomic E-state index is 0.122. The lowest BCUT2D eigenvalue weighted by Gasteiger charge is -2.39. The third kappa shape index (κ3) is 3.31. The Labute approximate surface area is 145 Å². The van der Waals surface area contributed by atoms with Gasteiger partial charge in [0, 0.05) is 12.2 Å². The van der Waals surface area contributed by atoms with E-state index in [1.807, 2.05) is 30.3 Å². The molecule has 0 radical (unpaired) electrons. The van der Waals surface area contributed by atoms with Crippen molar-refractivity contribution in [3.05, 3.63) is 53.2 Å². The predicted octanol–water partition coefficient (Wildman–Crippen LogP) is 2.89. The van der Waals surface area contributed by atoms with E-state index in [2.05, 4.69) is 15.2 Å². The molecule has 4 rings (SSSR count). The van der Waals surface area contributed by atoms with Gasteiger partial charge in [0.05, 0.1) is 23.7 Å². The topological polar surface area (TPSA) is 54.5 Å². The average Bonchev–Trinajstić information content (AvgIpc) is 3.36. The summed E-state index contributed by atoms with van der Waals surface area (Å²) in [6, 6.07) is 11.8. The Hall–Kier alpha value is -2.27. The smallest absolute Gasteiger partial charge is 0.253 e. The number of amides is 1. The summed E-state index contributed by atoms with van der Waals surface area (Å²) >= 11 is 6.13. The number of nitrogens with zero attached hydrogens (tertiary/aromatic N) is 2. The summed E-state index contributed by atoms with van der Waals surface area (Å²) in [6.07, 6.45) is 3.77. The first-order valence-corrected chi connectivity index (χ1v) is 8.50. The summed E-state index contributed by atoms with van der Waals surface area (Å²) in [5, 5.41) is 3.34. The van der Waals surface area contributed by atoms with Gasteiger partial charge < -0.3 is 15.0 Å². The van der Waals surface area contributed by atoms with Crippen LogP contribution >= 0.6 is 11.6 Å². The molecule has 1 aromatic heterocycles. The Balaban J connectivity index is 1.39. The van der Waals surface area contributed by atoms with Crippen molar-refractivity contribution in [3.8, 4) is 5.75 Å². The Morgan fingerprint density at radius 3 is 2.71 bits per heavy atom. The standard InChI is InChI=1S/C18H18ClN3O2/c19-16-9-20-17(8-15(16)18(23)21-12-6-7-12)22-10-14(11-22)24-13-4-2-1-3-5-13/h1-5,8-9,12,14H,6-7,10-11H2,(H,21,23). The van der Waals surface area contributed by atoms with Gasteiger partial charge in [-0.3, -0.25) is 4.79 Å². The molecule has 0 spiro atoms. The highest BCUT2D eigenvalue weighted by Crippen LogP contribution is 2.27. The van der Waals surface area contributed by atoms with Crippen LogP contribution in [-0.2, 0) is 0 Å². The van der Waals surface area contributed by atoms with Crippen LogP contribution in [0, 0.1) is 0 Å². The number of benzene rings is 1. The van der Waals surface area contributed by atoms with Crippen LogP contribution < -0.4 is 15.0 Å². The Kier molecular flexibility index (Phi) is 4.02. The van der Waals surface area contributed by atoms with Crippen molar-refractivity contribution < 1.29 is 9.53 Å². The number of rotatable bonds is 5. The highest BCUT2D eigenvalue weighted by atomic mass is 35.5. The normalized spacial score (nSPS) is 17.3. The number of carbonyl (C=O) groups excluding carboxylic acids is 1. The number of aromatic nitrogens is 1. The number of ether oxygens (including phenoxy) is 1. The van der Waals surface area contributed by atoms with Gasteiger partial charge in [-0.2, -0.15) is 0 Å². The molecule has 24 heavy (non-hydrogen) atoms. The molecule has 1 amide bonds. The van der Waals surface area contributed by atoms with E-state index in [0.717, 1.165) is 37.5 Å². The van der Waals surface area contributed by atoms with E-state index in [0.29, 0.717) is 16.6 Å². The van der Waals surface area contributed by atoms with Gasteiger partial charge in [0.15, 0.2) is 0 Å². The van der Waals surface area contributed by atoms with Crippen molar-refractivity contribution in [2.75, 3.05) is 18.0 Å². The van der Waals surface area contributed by atoms with Gasteiger partial charge in [0.25, 0.3) is 5.91 Å². The van der Waals surface area contributed by atoms with Crippen LogP contribution in [0.25, 0.3) is 0 Å². The van der Waals surface area contributed by atoms with Gasteiger partial charge in [-0.15, -0.1) is 0 Å². The maximum absolute atomic E-state index is 12.2. The highest BCUT2D eigenvalue weighted by molar-refractivity contribution is 6.33. The molecule has 1 aromatic carbocycles. The average molecular weight is 344 g/mol. The van der Waals surface area contributed by atoms with Gasteiger partial charge in [-0.25, -0.2) is 4.98 Å². The first-order valence-electron chi connectivity index (χ1n) is 8.12. The van der Waals surface area contributed by atoms with Gasteiger partial charge in [-0.1, -0.05) is 29.8 Å². The number of anilines is 1. The SMILES string of the molecule is O=C(NC1CC1)c1cc(N2CC(Oc3ccccc3)C2)ncc1Cl. The lowest BCUT2D eigenvalue weighted by molar-refractivity contribution is 0.0951. The van der Waals surface area contributed by atoms with Gasteiger partial charge >= 0.3 is 0 Å². The van der Waals surface area contributed by atoms with Crippen LogP contribution in [-0.4, -0.2) is 36.1 Å². The number of carbonyl (C=O) groups is 1. The van der Waals surface area contributed by atoms with Crippen LogP contribution in [0.1, 0.15) is 23.2 Å². The molecule has 1 saturated heterocycles. The summed E-state index contributed by atoms with van der Waals surface area (Å²) in [7, 11) is 0. The van der Waals surface area contributed by atoms with E-state index in [-0.39, 0.29) is 12.0 Å². The molecule has 2 fully saturated rings. The molecule has 124 valence electrons. The maximum atomic E-state index is 12.2. The molecule has 2 aromatic rings. The van der Waals surface area contributed by atoms with Crippen LogP contribution in [0.4, 0.5) is 5.82 Å². The zero-order chi connectivity index (χ0) is 16.5. The second kappa shape index (κ2) is 6.32. The number of para-hydroxylation sites is 1. The van der Waals surface area contributed by atoms with E-state index >= 15 is 0 Å². The number of pyridine rings is 1. The molecule has 5 nitrogen and oxygen atoms in total. The number of halogens is 1. The molecule has 1 aliphatic heterocycles. The molecule has 0 bridgehead atoms. The molecule has 1 saturated carbocycles. The largest absolute Gasteiger partial charge is 0.487 e. The van der Waals surface area contributed by atoms with Crippen molar-refractivity contribution >= 4 is 23.3 Å². The van der Waals surface area contributed by atoms with E-state index in [1.165, 1.54) is 0 Å². The zero-order valence-electron chi connectivity index (χ0n) is 13.1. The molecule has 1 aliphatic carbocycles. The predicted molar refractivity (Wildman–Crippen MR) is 92.8 cm³/mol. The highest BCUT2D eigenvalue weighted by Gasteiger charge is 2.31. The summed E-state index contributed by atoms with van der Waals surface area (Å²) in [4.78, 5) is 18.7. The zero-order valence-corrected chi connectivity index (χ0v) is 13.9. The second-order valence-electron chi connectivity index (χ2n) is 6.23. The van der Waals surface area contributed by atoms with Gasteiger partial charge in [0.1, 0.15) is 17.7 Å². The fraction of sp³-hybridized carbons (Fsp3) is 0.333. The third-order valence-corrected chi connectivity index (χ3v) is 4.52. The van der Waals surface area contributed by atoms with Gasteiger partial charge in [-0.05, 0) is 31.0 Å². The summed E-state index contributed by atoms with van der Waals surface area (Å²) in [6.45, 7) is 1.49. The molecule has 2 aliphatic rings. The molecular weight excluding hydrogens is 326 g/mol. The summed E-state index contributed by atoms with van der Waals surface area (Å²) in [5.41, 5.74) is 0.487. The lowest BCUT2D eigenvalue weighted by Crippen LogP contribution is -2.54. The third-order valence-electron chi connectivity index (χ3n) is 4.22. The van der Waals surface area contributed by atoms with Crippen LogP contribution in [0.3, 0.4) is 0 Å². The minimum Gasteiger partial charge on any atom is -0.487 e. The Morgan fingerprint density at radius 2 is 2.00 bits per heavy atom. The number of hydrogen-bond acceptors (Lipinski definition) is 4. The first kappa shape index (κ1) is 15.3. The van der Waals surface area contributed by atoms with Crippen LogP contribution in [0.2, 0.25) is 5.02 Å². The first-order chi connectivity index (χ1) is 11.7. The quantitative estimate of drug-likeness (QED) is 0.907.